The van der Waals surface area contributed by atoms with E-state index >= 15 is 0 Å². The molecule has 442 valence electrons. The molecular formula is C69H131NO5. The number of nitrogens with one attached hydrogen (secondary N) is 1. The zero-order valence-electron chi connectivity index (χ0n) is 50.5. The van der Waals surface area contributed by atoms with Gasteiger partial charge in [-0.1, -0.05) is 326 Å². The van der Waals surface area contributed by atoms with Crippen molar-refractivity contribution < 1.29 is 24.5 Å². The number of aliphatic hydroxyl groups excluding tert-OH is 2. The molecule has 6 nitrogen and oxygen atoms in total. The summed E-state index contributed by atoms with van der Waals surface area (Å²) in [5.74, 6) is -0.0603. The van der Waals surface area contributed by atoms with E-state index in [4.69, 9.17) is 4.74 Å². The summed E-state index contributed by atoms with van der Waals surface area (Å²) in [6, 6.07) is -0.627. The number of hydrogen-bond acceptors (Lipinski definition) is 5. The highest BCUT2D eigenvalue weighted by atomic mass is 16.5. The zero-order chi connectivity index (χ0) is 54.3. The number of unbranched alkanes of at least 4 members (excludes halogenated alkanes) is 48. The first kappa shape index (κ1) is 73.1. The van der Waals surface area contributed by atoms with Crippen molar-refractivity contribution in [1.29, 1.82) is 0 Å². The molecule has 0 bridgehead atoms. The Bertz CT molecular complexity index is 1210. The van der Waals surface area contributed by atoms with E-state index in [-0.39, 0.29) is 18.5 Å². The lowest BCUT2D eigenvalue weighted by molar-refractivity contribution is -0.143. The fourth-order valence-corrected chi connectivity index (χ4v) is 10.5. The Morgan fingerprint density at radius 3 is 1.04 bits per heavy atom. The third kappa shape index (κ3) is 61.2. The Balaban J connectivity index is 3.38. The molecule has 1 amide bonds. The fourth-order valence-electron chi connectivity index (χ4n) is 10.5. The number of carbonyl (C=O) groups excluding carboxylic acids is 2. The van der Waals surface area contributed by atoms with Crippen molar-refractivity contribution in [3.63, 3.8) is 0 Å². The maximum atomic E-state index is 12.5. The largest absolute Gasteiger partial charge is 0.466 e. The molecule has 0 aromatic rings. The van der Waals surface area contributed by atoms with Crippen LogP contribution in [-0.2, 0) is 14.3 Å². The SMILES string of the molecule is CCCCC/C=C\C/C=C\CCCCCCCC(=O)OCCCCCCCCCCCCCCCCCCCCCCCCCCCCC(=O)N[C@@H](CO)[C@H](O)/C=C/CCCCCCCCCCCCCCCCC. The van der Waals surface area contributed by atoms with E-state index in [0.717, 1.165) is 51.4 Å². The van der Waals surface area contributed by atoms with Crippen LogP contribution in [0.1, 0.15) is 367 Å². The molecule has 0 rings (SSSR count). The predicted octanol–water partition coefficient (Wildman–Crippen LogP) is 21.5. The Morgan fingerprint density at radius 2 is 0.667 bits per heavy atom. The molecule has 0 spiro atoms. The van der Waals surface area contributed by atoms with E-state index in [2.05, 4.69) is 43.5 Å². The first-order valence-corrected chi connectivity index (χ1v) is 33.8. The molecule has 0 fully saturated rings. The summed E-state index contributed by atoms with van der Waals surface area (Å²) in [6.07, 6.45) is 82.1. The molecule has 2 atom stereocenters. The molecule has 6 heteroatoms. The van der Waals surface area contributed by atoms with Crippen LogP contribution in [0.15, 0.2) is 36.5 Å². The molecule has 0 heterocycles. The normalized spacial score (nSPS) is 12.7. The lowest BCUT2D eigenvalue weighted by Gasteiger charge is -2.20. The van der Waals surface area contributed by atoms with Crippen molar-refractivity contribution in [3.8, 4) is 0 Å². The average Bonchev–Trinajstić information content (AvgIpc) is 3.41. The number of esters is 1. The summed E-state index contributed by atoms with van der Waals surface area (Å²) >= 11 is 0. The number of carbonyl (C=O) groups is 2. The van der Waals surface area contributed by atoms with Gasteiger partial charge < -0.3 is 20.3 Å². The second-order valence-corrected chi connectivity index (χ2v) is 23.2. The number of ether oxygens (including phenoxy) is 1. The summed E-state index contributed by atoms with van der Waals surface area (Å²) in [4.78, 5) is 24.6. The van der Waals surface area contributed by atoms with Gasteiger partial charge in [-0.05, 0) is 64.2 Å². The molecule has 0 unspecified atom stereocenters. The Labute approximate surface area is 468 Å². The number of rotatable bonds is 63. The van der Waals surface area contributed by atoms with Crippen LogP contribution in [0.25, 0.3) is 0 Å². The zero-order valence-corrected chi connectivity index (χ0v) is 50.5. The van der Waals surface area contributed by atoms with Gasteiger partial charge in [0, 0.05) is 12.8 Å². The van der Waals surface area contributed by atoms with Gasteiger partial charge in [0.15, 0.2) is 0 Å². The van der Waals surface area contributed by atoms with E-state index < -0.39 is 12.1 Å². The molecule has 75 heavy (non-hydrogen) atoms. The summed E-state index contributed by atoms with van der Waals surface area (Å²) in [7, 11) is 0. The van der Waals surface area contributed by atoms with E-state index in [1.165, 1.54) is 289 Å². The van der Waals surface area contributed by atoms with E-state index in [9.17, 15) is 19.8 Å². The monoisotopic (exact) mass is 1050 g/mol. The fraction of sp³-hybridized carbons (Fsp3) is 0.884. The Hall–Kier alpha value is -1.92. The maximum Gasteiger partial charge on any atom is 0.305 e. The van der Waals surface area contributed by atoms with E-state index in [0.29, 0.717) is 19.4 Å². The van der Waals surface area contributed by atoms with Crippen LogP contribution in [0.5, 0.6) is 0 Å². The van der Waals surface area contributed by atoms with Gasteiger partial charge in [-0.3, -0.25) is 9.59 Å². The number of allylic oxidation sites excluding steroid dienone is 5. The van der Waals surface area contributed by atoms with Crippen molar-refractivity contribution in [2.45, 2.75) is 379 Å². The van der Waals surface area contributed by atoms with Crippen LogP contribution in [0, 0.1) is 0 Å². The minimum absolute atomic E-state index is 0.00308. The summed E-state index contributed by atoms with van der Waals surface area (Å²) in [5, 5.41) is 23.2. The van der Waals surface area contributed by atoms with Gasteiger partial charge in [0.25, 0.3) is 0 Å². The minimum Gasteiger partial charge on any atom is -0.466 e. The van der Waals surface area contributed by atoms with E-state index in [1.807, 2.05) is 6.08 Å². The smallest absolute Gasteiger partial charge is 0.305 e. The lowest BCUT2D eigenvalue weighted by atomic mass is 10.0. The third-order valence-electron chi connectivity index (χ3n) is 15.7. The van der Waals surface area contributed by atoms with Gasteiger partial charge in [0.05, 0.1) is 25.4 Å². The highest BCUT2D eigenvalue weighted by Gasteiger charge is 2.18. The highest BCUT2D eigenvalue weighted by Crippen LogP contribution is 2.18. The van der Waals surface area contributed by atoms with Gasteiger partial charge in [0.2, 0.25) is 5.91 Å². The molecular weight excluding hydrogens is 923 g/mol. The summed E-state index contributed by atoms with van der Waals surface area (Å²) in [5.41, 5.74) is 0. The van der Waals surface area contributed by atoms with Gasteiger partial charge in [-0.2, -0.15) is 0 Å². The van der Waals surface area contributed by atoms with Crippen molar-refractivity contribution in [2.24, 2.45) is 0 Å². The Kier molecular flexibility index (Phi) is 63.0. The van der Waals surface area contributed by atoms with Crippen LogP contribution in [0.2, 0.25) is 0 Å². The standard InChI is InChI=1S/C69H131NO5/c1-3-5-7-9-11-13-15-17-19-30-34-37-41-45-49-53-57-61-67(72)66(65-71)70-68(73)62-58-54-50-46-42-38-35-31-28-26-24-22-20-21-23-25-27-29-32-36-40-44-48-52-56-60-64-75-69(74)63-59-55-51-47-43-39-33-18-16-14-12-10-8-6-4-2/h12,14,18,33,57,61,66-67,71-72H,3-11,13,15-17,19-32,34-56,58-60,62-65H2,1-2H3,(H,70,73)/b14-12-,33-18-,61-57+/t66-,67+/m0/s1. The molecule has 3 N–H and O–H groups in total. The van der Waals surface area contributed by atoms with Gasteiger partial charge in [0.1, 0.15) is 0 Å². The highest BCUT2D eigenvalue weighted by molar-refractivity contribution is 5.76. The Morgan fingerprint density at radius 1 is 0.373 bits per heavy atom. The van der Waals surface area contributed by atoms with E-state index in [1.54, 1.807) is 6.08 Å². The molecule has 0 aromatic heterocycles. The predicted molar refractivity (Wildman–Crippen MR) is 329 cm³/mol. The van der Waals surface area contributed by atoms with Gasteiger partial charge in [-0.25, -0.2) is 0 Å². The van der Waals surface area contributed by atoms with Crippen molar-refractivity contribution in [3.05, 3.63) is 36.5 Å². The second-order valence-electron chi connectivity index (χ2n) is 23.2. The maximum absolute atomic E-state index is 12.5. The molecule has 0 aliphatic heterocycles. The number of amides is 1. The molecule has 0 saturated carbocycles. The van der Waals surface area contributed by atoms with Crippen LogP contribution in [0.3, 0.4) is 0 Å². The van der Waals surface area contributed by atoms with Crippen LogP contribution >= 0.6 is 0 Å². The number of hydrogen-bond donors (Lipinski definition) is 3. The quantitative estimate of drug-likeness (QED) is 0.0320. The third-order valence-corrected chi connectivity index (χ3v) is 15.7. The first-order valence-electron chi connectivity index (χ1n) is 33.8. The van der Waals surface area contributed by atoms with Crippen LogP contribution < -0.4 is 5.32 Å². The molecule has 0 aliphatic rings. The van der Waals surface area contributed by atoms with Gasteiger partial charge >= 0.3 is 5.97 Å². The van der Waals surface area contributed by atoms with Crippen molar-refractivity contribution in [1.82, 2.24) is 5.32 Å². The van der Waals surface area contributed by atoms with Crippen LogP contribution in [-0.4, -0.2) is 47.4 Å². The average molecular weight is 1050 g/mol. The van der Waals surface area contributed by atoms with Crippen LogP contribution in [0.4, 0.5) is 0 Å². The summed E-state index contributed by atoms with van der Waals surface area (Å²) < 4.78 is 5.48. The number of aliphatic hydroxyl groups is 2. The van der Waals surface area contributed by atoms with Crippen molar-refractivity contribution in [2.75, 3.05) is 13.2 Å². The molecule has 0 aromatic carbocycles. The molecule has 0 saturated heterocycles. The van der Waals surface area contributed by atoms with Gasteiger partial charge in [-0.15, -0.1) is 0 Å². The molecule has 0 aliphatic carbocycles. The molecule has 0 radical (unpaired) electrons. The van der Waals surface area contributed by atoms with Crippen molar-refractivity contribution >= 4 is 11.9 Å². The lowest BCUT2D eigenvalue weighted by Crippen LogP contribution is -2.45. The summed E-state index contributed by atoms with van der Waals surface area (Å²) in [6.45, 7) is 4.90. The first-order chi connectivity index (χ1) is 37.0. The second kappa shape index (κ2) is 64.6. The topological polar surface area (TPSA) is 95.9 Å². The minimum atomic E-state index is -0.843.